The molecule has 0 saturated carbocycles. The molecule has 1 unspecified atom stereocenters. The van der Waals surface area contributed by atoms with Crippen LogP contribution in [0.15, 0.2) is 51.6 Å². The van der Waals surface area contributed by atoms with E-state index in [4.69, 9.17) is 16.3 Å². The van der Waals surface area contributed by atoms with Crippen LogP contribution in [0.3, 0.4) is 0 Å². The number of carbonyl (C=O) groups excluding carboxylic acids is 2. The third kappa shape index (κ3) is 4.88. The Morgan fingerprint density at radius 1 is 1.30 bits per heavy atom. The number of nitrogens with one attached hydrogen (secondary N) is 1. The number of esters is 1. The van der Waals surface area contributed by atoms with E-state index >= 15 is 0 Å². The smallest absolute Gasteiger partial charge is 0.338 e. The molecule has 1 aromatic rings. The first-order valence-electron chi connectivity index (χ1n) is 9.51. The third-order valence-electron chi connectivity index (χ3n) is 4.81. The maximum atomic E-state index is 12.6. The first kappa shape index (κ1) is 22.4. The number of thioether (sulfide) groups is 1. The number of halogens is 1. The molecule has 3 rings (SSSR count). The Morgan fingerprint density at radius 3 is 2.63 bits per heavy atom. The van der Waals surface area contributed by atoms with Crippen molar-refractivity contribution in [1.29, 1.82) is 0 Å². The molecule has 2 aliphatic heterocycles. The molecule has 1 atom stereocenters. The summed E-state index contributed by atoms with van der Waals surface area (Å²) in [6.07, 6.45) is 0.192. The highest BCUT2D eigenvalue weighted by molar-refractivity contribution is 8.16. The van der Waals surface area contributed by atoms with Crippen LogP contribution in [-0.4, -0.2) is 61.1 Å². The van der Waals surface area contributed by atoms with Gasteiger partial charge in [0, 0.05) is 23.8 Å². The van der Waals surface area contributed by atoms with Gasteiger partial charge in [0.15, 0.2) is 5.17 Å². The number of hydrogen-bond donors (Lipinski definition) is 1. The Balaban J connectivity index is 1.90. The Labute approximate surface area is 185 Å². The lowest BCUT2D eigenvalue weighted by Gasteiger charge is -2.36. The van der Waals surface area contributed by atoms with Gasteiger partial charge in [-0.2, -0.15) is 0 Å². The molecular formula is C21H25ClN4O3S. The number of fused-ring (bicyclic) bond motifs is 1. The van der Waals surface area contributed by atoms with Crippen LogP contribution in [0.2, 0.25) is 5.02 Å². The van der Waals surface area contributed by atoms with E-state index in [2.05, 4.69) is 10.3 Å². The summed E-state index contributed by atoms with van der Waals surface area (Å²) in [4.78, 5) is 33.7. The van der Waals surface area contributed by atoms with Gasteiger partial charge in [0.1, 0.15) is 0 Å². The monoisotopic (exact) mass is 448 g/mol. The van der Waals surface area contributed by atoms with Crippen LogP contribution in [0.1, 0.15) is 24.9 Å². The normalized spacial score (nSPS) is 18.2. The SMILES string of the molecule is COC(=O)C1=C(C)N=C2SC=C(CC(=O)NCCN(C)C)N2C1c1ccc(Cl)cc1. The van der Waals surface area contributed by atoms with Gasteiger partial charge in [-0.3, -0.25) is 4.79 Å². The van der Waals surface area contributed by atoms with Crippen LogP contribution >= 0.6 is 23.4 Å². The van der Waals surface area contributed by atoms with Gasteiger partial charge < -0.3 is 19.9 Å². The fourth-order valence-electron chi connectivity index (χ4n) is 3.35. The van der Waals surface area contributed by atoms with Crippen LogP contribution in [0.4, 0.5) is 0 Å². The van der Waals surface area contributed by atoms with E-state index in [0.29, 0.717) is 22.8 Å². The number of carbonyl (C=O) groups is 2. The number of nitrogens with zero attached hydrogens (tertiary/aromatic N) is 3. The second-order valence-corrected chi connectivity index (χ2v) is 8.54. The minimum absolute atomic E-state index is 0.0781. The highest BCUT2D eigenvalue weighted by atomic mass is 35.5. The average molecular weight is 449 g/mol. The van der Waals surface area contributed by atoms with Crippen molar-refractivity contribution >= 4 is 40.4 Å². The number of likely N-dealkylation sites (N-methyl/N-ethyl adjacent to an activating group) is 1. The minimum atomic E-state index is -0.446. The number of ether oxygens (including phenoxy) is 1. The summed E-state index contributed by atoms with van der Waals surface area (Å²) < 4.78 is 5.05. The second-order valence-electron chi connectivity index (χ2n) is 7.27. The van der Waals surface area contributed by atoms with E-state index in [1.165, 1.54) is 18.9 Å². The van der Waals surface area contributed by atoms with E-state index in [-0.39, 0.29) is 12.3 Å². The molecule has 0 aromatic heterocycles. The first-order valence-corrected chi connectivity index (χ1v) is 10.8. The molecule has 30 heavy (non-hydrogen) atoms. The minimum Gasteiger partial charge on any atom is -0.466 e. The van der Waals surface area contributed by atoms with Gasteiger partial charge in [-0.1, -0.05) is 35.5 Å². The van der Waals surface area contributed by atoms with Crippen molar-refractivity contribution < 1.29 is 14.3 Å². The lowest BCUT2D eigenvalue weighted by molar-refractivity contribution is -0.136. The van der Waals surface area contributed by atoms with Crippen molar-refractivity contribution in [2.45, 2.75) is 19.4 Å². The third-order valence-corrected chi connectivity index (χ3v) is 5.96. The largest absolute Gasteiger partial charge is 0.466 e. The molecule has 7 nitrogen and oxygen atoms in total. The molecule has 0 fully saturated rings. The van der Waals surface area contributed by atoms with Gasteiger partial charge in [0.2, 0.25) is 5.91 Å². The highest BCUT2D eigenvalue weighted by Gasteiger charge is 2.40. The summed E-state index contributed by atoms with van der Waals surface area (Å²) in [5.74, 6) is -0.521. The topological polar surface area (TPSA) is 74.2 Å². The molecule has 1 aromatic carbocycles. The number of benzene rings is 1. The van der Waals surface area contributed by atoms with Crippen LogP contribution in [0.5, 0.6) is 0 Å². The number of allylic oxidation sites excluding steroid dienone is 1. The predicted octanol–water partition coefficient (Wildman–Crippen LogP) is 3.16. The van der Waals surface area contributed by atoms with E-state index < -0.39 is 12.0 Å². The van der Waals surface area contributed by atoms with Crippen LogP contribution in [0, 0.1) is 0 Å². The summed E-state index contributed by atoms with van der Waals surface area (Å²) in [5.41, 5.74) is 2.71. The molecular weight excluding hydrogens is 424 g/mol. The molecule has 160 valence electrons. The number of aliphatic imine (C=N–C) groups is 1. The zero-order valence-corrected chi connectivity index (χ0v) is 19.0. The molecule has 0 aliphatic carbocycles. The first-order chi connectivity index (χ1) is 14.3. The van der Waals surface area contributed by atoms with Crippen molar-refractivity contribution in [2.75, 3.05) is 34.3 Å². The van der Waals surface area contributed by atoms with Crippen molar-refractivity contribution in [3.63, 3.8) is 0 Å². The molecule has 0 bridgehead atoms. The van der Waals surface area contributed by atoms with Crippen molar-refractivity contribution in [2.24, 2.45) is 4.99 Å². The van der Waals surface area contributed by atoms with Crippen LogP contribution in [-0.2, 0) is 14.3 Å². The number of rotatable bonds is 7. The van der Waals surface area contributed by atoms with Gasteiger partial charge >= 0.3 is 5.97 Å². The molecule has 2 heterocycles. The summed E-state index contributed by atoms with van der Waals surface area (Å²) in [7, 11) is 5.27. The summed E-state index contributed by atoms with van der Waals surface area (Å²) in [5, 5.41) is 6.19. The number of hydrogen-bond acceptors (Lipinski definition) is 7. The summed E-state index contributed by atoms with van der Waals surface area (Å²) in [6, 6.07) is 6.88. The number of amides is 1. The van der Waals surface area contributed by atoms with Gasteiger partial charge in [0.25, 0.3) is 0 Å². The van der Waals surface area contributed by atoms with E-state index in [0.717, 1.165) is 23.0 Å². The fraction of sp³-hybridized carbons (Fsp3) is 0.381. The van der Waals surface area contributed by atoms with Crippen molar-refractivity contribution in [3.05, 3.63) is 57.2 Å². The molecule has 1 N–H and O–H groups in total. The zero-order chi connectivity index (χ0) is 21.8. The van der Waals surface area contributed by atoms with Crippen LogP contribution < -0.4 is 5.32 Å². The Morgan fingerprint density at radius 2 is 2.00 bits per heavy atom. The molecule has 1 amide bonds. The Kier molecular flexibility index (Phi) is 7.23. The molecule has 2 aliphatic rings. The maximum Gasteiger partial charge on any atom is 0.338 e. The molecule has 0 spiro atoms. The van der Waals surface area contributed by atoms with Gasteiger partial charge in [-0.15, -0.1) is 0 Å². The number of methoxy groups -OCH3 is 1. The standard InChI is InChI=1S/C21H25ClN4O3S/c1-13-18(20(28)29-4)19(14-5-7-15(22)8-6-14)26-16(12-30-21(26)24-13)11-17(27)23-9-10-25(2)3/h5-8,12,19H,9-11H2,1-4H3,(H,23,27). The molecule has 9 heteroatoms. The second kappa shape index (κ2) is 9.68. The van der Waals surface area contributed by atoms with E-state index in [9.17, 15) is 9.59 Å². The van der Waals surface area contributed by atoms with E-state index in [1.807, 2.05) is 41.4 Å². The van der Waals surface area contributed by atoms with E-state index in [1.54, 1.807) is 19.1 Å². The zero-order valence-electron chi connectivity index (χ0n) is 17.4. The lowest BCUT2D eigenvalue weighted by Crippen LogP contribution is -2.38. The van der Waals surface area contributed by atoms with Gasteiger partial charge in [-0.05, 0) is 44.1 Å². The highest BCUT2D eigenvalue weighted by Crippen LogP contribution is 2.44. The number of amidine groups is 1. The quantitative estimate of drug-likeness (QED) is 0.646. The summed E-state index contributed by atoms with van der Waals surface area (Å²) in [6.45, 7) is 3.13. The van der Waals surface area contributed by atoms with Crippen LogP contribution in [0.25, 0.3) is 0 Å². The predicted molar refractivity (Wildman–Crippen MR) is 120 cm³/mol. The lowest BCUT2D eigenvalue weighted by atomic mass is 9.94. The average Bonchev–Trinajstić information content (AvgIpc) is 3.08. The van der Waals surface area contributed by atoms with Gasteiger partial charge in [-0.25, -0.2) is 9.79 Å². The molecule has 0 radical (unpaired) electrons. The molecule has 0 saturated heterocycles. The van der Waals surface area contributed by atoms with Crippen molar-refractivity contribution in [1.82, 2.24) is 15.1 Å². The maximum absolute atomic E-state index is 12.6. The van der Waals surface area contributed by atoms with Crippen molar-refractivity contribution in [3.8, 4) is 0 Å². The Hall–Kier alpha value is -2.29. The van der Waals surface area contributed by atoms with Gasteiger partial charge in [0.05, 0.1) is 30.8 Å². The fourth-order valence-corrected chi connectivity index (χ4v) is 4.44. The summed E-state index contributed by atoms with van der Waals surface area (Å²) >= 11 is 7.52. The Bertz CT molecular complexity index is 925.